The van der Waals surface area contributed by atoms with E-state index in [0.717, 1.165) is 5.56 Å². The molecule has 0 aliphatic carbocycles. The standard InChI is InChI=1S/C12H13NO4/c1-7-3-4-10-9(5-7)13-12(15)11(17-10)6-16-8(2)14/h3-5,11H,6H2,1-2H3,(H,13,15). The highest BCUT2D eigenvalue weighted by atomic mass is 16.6. The van der Waals surface area contributed by atoms with Gasteiger partial charge in [0.1, 0.15) is 12.4 Å². The molecule has 1 aromatic rings. The van der Waals surface area contributed by atoms with E-state index in [0.29, 0.717) is 11.4 Å². The lowest BCUT2D eigenvalue weighted by molar-refractivity contribution is -0.145. The number of carbonyl (C=O) groups is 2. The smallest absolute Gasteiger partial charge is 0.302 e. The third-order valence-corrected chi connectivity index (χ3v) is 2.39. The number of rotatable bonds is 2. The molecule has 17 heavy (non-hydrogen) atoms. The van der Waals surface area contributed by atoms with E-state index in [9.17, 15) is 9.59 Å². The van der Waals surface area contributed by atoms with Crippen molar-refractivity contribution in [2.45, 2.75) is 20.0 Å². The molecule has 1 heterocycles. The zero-order chi connectivity index (χ0) is 12.4. The summed E-state index contributed by atoms with van der Waals surface area (Å²) < 4.78 is 10.2. The second kappa shape index (κ2) is 4.45. The summed E-state index contributed by atoms with van der Waals surface area (Å²) >= 11 is 0. The van der Waals surface area contributed by atoms with Crippen LogP contribution >= 0.6 is 0 Å². The zero-order valence-electron chi connectivity index (χ0n) is 9.65. The predicted octanol–water partition coefficient (Wildman–Crippen LogP) is 1.26. The molecule has 0 saturated heterocycles. The molecule has 0 fully saturated rings. The average molecular weight is 235 g/mol. The van der Waals surface area contributed by atoms with E-state index in [1.807, 2.05) is 19.1 Å². The highest BCUT2D eigenvalue weighted by molar-refractivity contribution is 5.98. The Morgan fingerprint density at radius 1 is 1.53 bits per heavy atom. The molecule has 1 atom stereocenters. The number of esters is 1. The SMILES string of the molecule is CC(=O)OCC1Oc2ccc(C)cc2NC1=O. The van der Waals surface area contributed by atoms with Crippen molar-refractivity contribution in [1.29, 1.82) is 0 Å². The van der Waals surface area contributed by atoms with E-state index in [4.69, 9.17) is 9.47 Å². The van der Waals surface area contributed by atoms with Crippen LogP contribution in [0.2, 0.25) is 0 Å². The van der Waals surface area contributed by atoms with E-state index < -0.39 is 12.1 Å². The van der Waals surface area contributed by atoms with Crippen LogP contribution in [0.3, 0.4) is 0 Å². The molecule has 1 unspecified atom stereocenters. The molecule has 5 heteroatoms. The van der Waals surface area contributed by atoms with Gasteiger partial charge in [-0.25, -0.2) is 0 Å². The third kappa shape index (κ3) is 2.55. The summed E-state index contributed by atoms with van der Waals surface area (Å²) in [5.41, 5.74) is 1.68. The summed E-state index contributed by atoms with van der Waals surface area (Å²) in [4.78, 5) is 22.3. The first kappa shape index (κ1) is 11.4. The molecule has 0 spiro atoms. The molecule has 1 amide bonds. The maximum atomic E-state index is 11.7. The zero-order valence-corrected chi connectivity index (χ0v) is 9.65. The maximum absolute atomic E-state index is 11.7. The molecule has 0 saturated carbocycles. The molecular weight excluding hydrogens is 222 g/mol. The molecule has 2 rings (SSSR count). The summed E-state index contributed by atoms with van der Waals surface area (Å²) in [6.07, 6.45) is -0.783. The van der Waals surface area contributed by atoms with E-state index in [1.165, 1.54) is 6.92 Å². The molecule has 0 bridgehead atoms. The Hall–Kier alpha value is -2.04. The number of amides is 1. The highest BCUT2D eigenvalue weighted by Gasteiger charge is 2.28. The number of aryl methyl sites for hydroxylation is 1. The van der Waals surface area contributed by atoms with Gasteiger partial charge in [0.05, 0.1) is 5.69 Å². The molecule has 90 valence electrons. The second-order valence-electron chi connectivity index (χ2n) is 3.90. The monoisotopic (exact) mass is 235 g/mol. The van der Waals surface area contributed by atoms with Crippen molar-refractivity contribution >= 4 is 17.6 Å². The lowest BCUT2D eigenvalue weighted by Crippen LogP contribution is -2.40. The van der Waals surface area contributed by atoms with Crippen LogP contribution in [0.25, 0.3) is 0 Å². The van der Waals surface area contributed by atoms with E-state index in [2.05, 4.69) is 5.32 Å². The van der Waals surface area contributed by atoms with Gasteiger partial charge in [0.15, 0.2) is 0 Å². The van der Waals surface area contributed by atoms with Crippen LogP contribution in [0.1, 0.15) is 12.5 Å². The number of hydrogen-bond donors (Lipinski definition) is 1. The van der Waals surface area contributed by atoms with Crippen LogP contribution in [0.5, 0.6) is 5.75 Å². The van der Waals surface area contributed by atoms with Gasteiger partial charge < -0.3 is 14.8 Å². The molecule has 5 nitrogen and oxygen atoms in total. The number of carbonyl (C=O) groups excluding carboxylic acids is 2. The van der Waals surface area contributed by atoms with Crippen molar-refractivity contribution in [2.75, 3.05) is 11.9 Å². The summed E-state index contributed by atoms with van der Waals surface area (Å²) in [6.45, 7) is 3.14. The molecule has 1 aliphatic heterocycles. The molecule has 1 aliphatic rings. The third-order valence-electron chi connectivity index (χ3n) is 2.39. The Morgan fingerprint density at radius 3 is 3.00 bits per heavy atom. The molecule has 0 aromatic heterocycles. The highest BCUT2D eigenvalue weighted by Crippen LogP contribution is 2.30. The minimum absolute atomic E-state index is 0.0749. The van der Waals surface area contributed by atoms with Crippen LogP contribution in [0.4, 0.5) is 5.69 Å². The Balaban J connectivity index is 2.13. The van der Waals surface area contributed by atoms with Crippen molar-refractivity contribution < 1.29 is 19.1 Å². The van der Waals surface area contributed by atoms with E-state index >= 15 is 0 Å². The normalized spacial score (nSPS) is 17.8. The van der Waals surface area contributed by atoms with Crippen molar-refractivity contribution in [3.8, 4) is 5.75 Å². The van der Waals surface area contributed by atoms with Gasteiger partial charge in [-0.15, -0.1) is 0 Å². The number of ether oxygens (including phenoxy) is 2. The van der Waals surface area contributed by atoms with Crippen LogP contribution in [0.15, 0.2) is 18.2 Å². The van der Waals surface area contributed by atoms with Gasteiger partial charge in [-0.05, 0) is 24.6 Å². The first-order valence-corrected chi connectivity index (χ1v) is 5.28. The summed E-state index contributed by atoms with van der Waals surface area (Å²) in [7, 11) is 0. The van der Waals surface area contributed by atoms with Crippen molar-refractivity contribution in [1.82, 2.24) is 0 Å². The number of nitrogens with one attached hydrogen (secondary N) is 1. The van der Waals surface area contributed by atoms with E-state index in [-0.39, 0.29) is 12.5 Å². The van der Waals surface area contributed by atoms with Crippen LogP contribution < -0.4 is 10.1 Å². The van der Waals surface area contributed by atoms with Gasteiger partial charge in [-0.2, -0.15) is 0 Å². The van der Waals surface area contributed by atoms with Gasteiger partial charge in [0, 0.05) is 6.92 Å². The Bertz CT molecular complexity index is 470. The van der Waals surface area contributed by atoms with Crippen LogP contribution in [-0.4, -0.2) is 24.6 Å². The fraction of sp³-hybridized carbons (Fsp3) is 0.333. The van der Waals surface area contributed by atoms with Crippen molar-refractivity contribution in [2.24, 2.45) is 0 Å². The van der Waals surface area contributed by atoms with Gasteiger partial charge in [0.2, 0.25) is 6.10 Å². The van der Waals surface area contributed by atoms with Gasteiger partial charge >= 0.3 is 5.97 Å². The lowest BCUT2D eigenvalue weighted by atomic mass is 10.1. The van der Waals surface area contributed by atoms with Gasteiger partial charge in [0.25, 0.3) is 5.91 Å². The van der Waals surface area contributed by atoms with Crippen LogP contribution in [0, 0.1) is 6.92 Å². The quantitative estimate of drug-likeness (QED) is 0.784. The molecule has 1 N–H and O–H groups in total. The first-order chi connectivity index (χ1) is 8.06. The fourth-order valence-corrected chi connectivity index (χ4v) is 1.57. The minimum Gasteiger partial charge on any atom is -0.475 e. The fourth-order valence-electron chi connectivity index (χ4n) is 1.57. The number of anilines is 1. The van der Waals surface area contributed by atoms with Gasteiger partial charge in [-0.3, -0.25) is 9.59 Å². The molecular formula is C12H13NO4. The number of benzene rings is 1. The predicted molar refractivity (Wildman–Crippen MR) is 60.9 cm³/mol. The van der Waals surface area contributed by atoms with E-state index in [1.54, 1.807) is 6.07 Å². The van der Waals surface area contributed by atoms with Crippen molar-refractivity contribution in [3.05, 3.63) is 23.8 Å². The van der Waals surface area contributed by atoms with Crippen LogP contribution in [-0.2, 0) is 14.3 Å². The van der Waals surface area contributed by atoms with Crippen molar-refractivity contribution in [3.63, 3.8) is 0 Å². The minimum atomic E-state index is -0.783. The van der Waals surface area contributed by atoms with Gasteiger partial charge in [-0.1, -0.05) is 6.07 Å². The summed E-state index contributed by atoms with van der Waals surface area (Å²) in [5, 5.41) is 2.72. The summed E-state index contributed by atoms with van der Waals surface area (Å²) in [5.74, 6) is -0.146. The topological polar surface area (TPSA) is 64.6 Å². The second-order valence-corrected chi connectivity index (χ2v) is 3.90. The first-order valence-electron chi connectivity index (χ1n) is 5.28. The number of fused-ring (bicyclic) bond motifs is 1. The largest absolute Gasteiger partial charge is 0.475 e. The maximum Gasteiger partial charge on any atom is 0.302 e. The Kier molecular flexibility index (Phi) is 2.99. The number of hydrogen-bond acceptors (Lipinski definition) is 4. The lowest BCUT2D eigenvalue weighted by Gasteiger charge is -2.25. The Morgan fingerprint density at radius 2 is 2.29 bits per heavy atom. The Labute approximate surface area is 98.7 Å². The molecule has 0 radical (unpaired) electrons. The molecule has 1 aromatic carbocycles. The summed E-state index contributed by atoms with van der Waals surface area (Å²) in [6, 6.07) is 5.50. The average Bonchev–Trinajstić information content (AvgIpc) is 2.26.